The molecule has 1 fully saturated rings. The van der Waals surface area contributed by atoms with Gasteiger partial charge in [-0.15, -0.1) is 0 Å². The third-order valence-corrected chi connectivity index (χ3v) is 7.01. The average molecular weight is 325 g/mol. The molecule has 114 valence electrons. The molecule has 0 bridgehead atoms. The maximum absolute atomic E-state index is 13.8. The summed E-state index contributed by atoms with van der Waals surface area (Å²) in [4.78, 5) is 0. The number of thioether (sulfide) groups is 2. The van der Waals surface area contributed by atoms with Crippen LogP contribution in [0.1, 0.15) is 25.6 Å². The largest absolute Gasteiger partial charge is 0.456 e. The van der Waals surface area contributed by atoms with E-state index in [4.69, 9.17) is 4.42 Å². The van der Waals surface area contributed by atoms with Gasteiger partial charge in [0.15, 0.2) is 11.4 Å². The molecule has 3 atom stereocenters. The first-order chi connectivity index (χ1) is 10.2. The highest BCUT2D eigenvalue weighted by Gasteiger charge is 2.33. The molecule has 0 radical (unpaired) electrons. The minimum atomic E-state index is -0.285. The Labute approximate surface area is 133 Å². The van der Waals surface area contributed by atoms with Crippen molar-refractivity contribution >= 4 is 34.5 Å². The summed E-state index contributed by atoms with van der Waals surface area (Å²) in [5.74, 6) is 2.93. The van der Waals surface area contributed by atoms with Gasteiger partial charge in [0.25, 0.3) is 0 Å². The quantitative estimate of drug-likeness (QED) is 0.897. The van der Waals surface area contributed by atoms with Crippen LogP contribution in [0.3, 0.4) is 0 Å². The average Bonchev–Trinajstić information content (AvgIpc) is 2.91. The van der Waals surface area contributed by atoms with E-state index < -0.39 is 0 Å². The molecule has 0 aliphatic carbocycles. The number of furan rings is 1. The Morgan fingerprint density at radius 1 is 1.38 bits per heavy atom. The van der Waals surface area contributed by atoms with Crippen molar-refractivity contribution in [1.82, 2.24) is 5.32 Å². The first-order valence-electron chi connectivity index (χ1n) is 7.35. The first kappa shape index (κ1) is 15.3. The molecule has 1 aromatic heterocycles. The van der Waals surface area contributed by atoms with Crippen LogP contribution in [0.2, 0.25) is 0 Å². The fourth-order valence-electron chi connectivity index (χ4n) is 2.82. The van der Waals surface area contributed by atoms with Crippen LogP contribution in [0.25, 0.3) is 11.0 Å². The van der Waals surface area contributed by atoms with Crippen LogP contribution in [0.5, 0.6) is 0 Å². The van der Waals surface area contributed by atoms with Crippen LogP contribution in [-0.4, -0.2) is 28.6 Å². The number of nitrogens with one attached hydrogen (secondary N) is 1. The first-order valence-corrected chi connectivity index (χ1v) is 9.45. The summed E-state index contributed by atoms with van der Waals surface area (Å²) in [6, 6.07) is 7.20. The standard InChI is InChI=1S/C16H20FNOS2/c1-3-18-14(16-10(2)20-7-8-21-16)13-9-11-5-4-6-12(17)15(11)19-13/h4-6,9-10,14,16,18H,3,7-8H2,1-2H3. The van der Waals surface area contributed by atoms with E-state index in [1.54, 1.807) is 6.07 Å². The maximum atomic E-state index is 13.8. The van der Waals surface area contributed by atoms with Crippen molar-refractivity contribution in [2.75, 3.05) is 18.1 Å². The number of benzene rings is 1. The van der Waals surface area contributed by atoms with Gasteiger partial charge < -0.3 is 9.73 Å². The van der Waals surface area contributed by atoms with E-state index >= 15 is 0 Å². The van der Waals surface area contributed by atoms with Crippen LogP contribution >= 0.6 is 23.5 Å². The van der Waals surface area contributed by atoms with E-state index in [0.717, 1.165) is 23.4 Å². The van der Waals surface area contributed by atoms with Crippen LogP contribution in [0.4, 0.5) is 4.39 Å². The molecule has 2 heterocycles. The SMILES string of the molecule is CCNC(c1cc2cccc(F)c2o1)C1SCCSC1C. The summed E-state index contributed by atoms with van der Waals surface area (Å²) in [6.45, 7) is 5.25. The van der Waals surface area contributed by atoms with Gasteiger partial charge >= 0.3 is 0 Å². The summed E-state index contributed by atoms with van der Waals surface area (Å²) >= 11 is 4.00. The van der Waals surface area contributed by atoms with E-state index in [9.17, 15) is 4.39 Å². The van der Waals surface area contributed by atoms with Crippen molar-refractivity contribution in [2.24, 2.45) is 0 Å². The molecule has 2 aromatic rings. The van der Waals surface area contributed by atoms with E-state index in [-0.39, 0.29) is 11.9 Å². The van der Waals surface area contributed by atoms with Gasteiger partial charge in [-0.2, -0.15) is 23.5 Å². The predicted octanol–water partition coefficient (Wildman–Crippen LogP) is 4.46. The predicted molar refractivity (Wildman–Crippen MR) is 90.8 cm³/mol. The van der Waals surface area contributed by atoms with Gasteiger partial charge in [-0.1, -0.05) is 26.0 Å². The molecule has 3 unspecified atom stereocenters. The van der Waals surface area contributed by atoms with Crippen LogP contribution in [0, 0.1) is 5.82 Å². The van der Waals surface area contributed by atoms with Crippen molar-refractivity contribution in [3.8, 4) is 0 Å². The molecule has 1 N–H and O–H groups in total. The molecule has 1 aliphatic rings. The molecular formula is C16H20FNOS2. The van der Waals surface area contributed by atoms with Crippen LogP contribution in [0.15, 0.2) is 28.7 Å². The van der Waals surface area contributed by atoms with E-state index in [2.05, 4.69) is 19.2 Å². The minimum Gasteiger partial charge on any atom is -0.456 e. The van der Waals surface area contributed by atoms with Gasteiger partial charge in [0.2, 0.25) is 0 Å². The number of hydrogen-bond donors (Lipinski definition) is 1. The lowest BCUT2D eigenvalue weighted by atomic mass is 10.1. The van der Waals surface area contributed by atoms with E-state index in [0.29, 0.717) is 16.1 Å². The van der Waals surface area contributed by atoms with Crippen molar-refractivity contribution in [1.29, 1.82) is 0 Å². The smallest absolute Gasteiger partial charge is 0.169 e. The zero-order valence-electron chi connectivity index (χ0n) is 12.3. The Hall–Kier alpha value is -0.650. The second kappa shape index (κ2) is 6.63. The topological polar surface area (TPSA) is 25.2 Å². The molecule has 0 spiro atoms. The van der Waals surface area contributed by atoms with Gasteiger partial charge in [-0.3, -0.25) is 0 Å². The van der Waals surface area contributed by atoms with Gasteiger partial charge in [-0.25, -0.2) is 4.39 Å². The number of para-hydroxylation sites is 1. The maximum Gasteiger partial charge on any atom is 0.169 e. The number of hydrogen-bond acceptors (Lipinski definition) is 4. The summed E-state index contributed by atoms with van der Waals surface area (Å²) in [5, 5.41) is 5.38. The van der Waals surface area contributed by atoms with Crippen molar-refractivity contribution in [3.05, 3.63) is 35.8 Å². The highest BCUT2D eigenvalue weighted by atomic mass is 32.2. The Morgan fingerprint density at radius 2 is 2.19 bits per heavy atom. The fraction of sp³-hybridized carbons (Fsp3) is 0.500. The zero-order valence-corrected chi connectivity index (χ0v) is 13.9. The molecule has 0 amide bonds. The molecule has 1 aliphatic heterocycles. The van der Waals surface area contributed by atoms with Crippen molar-refractivity contribution < 1.29 is 8.81 Å². The Kier molecular flexibility index (Phi) is 4.82. The third-order valence-electron chi connectivity index (χ3n) is 3.81. The lowest BCUT2D eigenvalue weighted by molar-refractivity contribution is 0.418. The number of halogens is 1. The zero-order chi connectivity index (χ0) is 14.8. The van der Waals surface area contributed by atoms with E-state index in [1.165, 1.54) is 11.8 Å². The molecule has 5 heteroatoms. The van der Waals surface area contributed by atoms with Crippen LogP contribution < -0.4 is 5.32 Å². The highest BCUT2D eigenvalue weighted by molar-refractivity contribution is 8.07. The molecule has 2 nitrogen and oxygen atoms in total. The summed E-state index contributed by atoms with van der Waals surface area (Å²) in [7, 11) is 0. The third kappa shape index (κ3) is 3.10. The molecular weight excluding hydrogens is 305 g/mol. The van der Waals surface area contributed by atoms with Crippen LogP contribution in [-0.2, 0) is 0 Å². The van der Waals surface area contributed by atoms with Gasteiger partial charge in [-0.05, 0) is 18.7 Å². The molecule has 1 aromatic carbocycles. The van der Waals surface area contributed by atoms with Crippen molar-refractivity contribution in [3.63, 3.8) is 0 Å². The number of fused-ring (bicyclic) bond motifs is 1. The summed E-state index contributed by atoms with van der Waals surface area (Å²) in [6.07, 6.45) is 0. The van der Waals surface area contributed by atoms with Gasteiger partial charge in [0.1, 0.15) is 5.76 Å². The highest BCUT2D eigenvalue weighted by Crippen LogP contribution is 2.40. The van der Waals surface area contributed by atoms with Crippen molar-refractivity contribution in [2.45, 2.75) is 30.4 Å². The number of rotatable bonds is 4. The van der Waals surface area contributed by atoms with Gasteiger partial charge in [0.05, 0.1) is 6.04 Å². The van der Waals surface area contributed by atoms with E-state index in [1.807, 2.05) is 35.7 Å². The lowest BCUT2D eigenvalue weighted by Gasteiger charge is -2.33. The Morgan fingerprint density at radius 3 is 2.90 bits per heavy atom. The second-order valence-corrected chi connectivity index (χ2v) is 8.02. The summed E-state index contributed by atoms with van der Waals surface area (Å²) < 4.78 is 19.7. The molecule has 1 saturated heterocycles. The summed E-state index contributed by atoms with van der Waals surface area (Å²) in [5.41, 5.74) is 0.372. The minimum absolute atomic E-state index is 0.134. The molecule has 0 saturated carbocycles. The lowest BCUT2D eigenvalue weighted by Crippen LogP contribution is -2.37. The molecule has 3 rings (SSSR count). The second-order valence-electron chi connectivity index (χ2n) is 5.25. The fourth-order valence-corrected chi connectivity index (χ4v) is 5.74. The molecule has 21 heavy (non-hydrogen) atoms. The Balaban J connectivity index is 1.96. The normalized spacial score (nSPS) is 24.3. The Bertz CT molecular complexity index is 615. The van der Waals surface area contributed by atoms with Gasteiger partial charge in [0, 0.05) is 27.4 Å². The monoisotopic (exact) mass is 325 g/mol.